The van der Waals surface area contributed by atoms with Crippen molar-refractivity contribution in [1.29, 1.82) is 0 Å². The van der Waals surface area contributed by atoms with E-state index in [9.17, 15) is 13.2 Å². The highest BCUT2D eigenvalue weighted by Crippen LogP contribution is 2.27. The number of alkyl halides is 3. The molecule has 0 radical (unpaired) electrons. The zero-order valence-electron chi connectivity index (χ0n) is 10.9. The number of hydrogen-bond donors (Lipinski definition) is 0. The predicted molar refractivity (Wildman–Crippen MR) is 69.8 cm³/mol. The van der Waals surface area contributed by atoms with E-state index in [2.05, 4.69) is 14.9 Å². The van der Waals surface area contributed by atoms with Crippen molar-refractivity contribution in [1.82, 2.24) is 14.8 Å². The van der Waals surface area contributed by atoms with E-state index in [1.807, 2.05) is 13.0 Å². The van der Waals surface area contributed by atoms with E-state index in [0.29, 0.717) is 0 Å². The summed E-state index contributed by atoms with van der Waals surface area (Å²) in [4.78, 5) is 0. The van der Waals surface area contributed by atoms with Gasteiger partial charge in [0.1, 0.15) is 5.75 Å². The number of aromatic nitrogens is 3. The van der Waals surface area contributed by atoms with E-state index in [4.69, 9.17) is 0 Å². The second kappa shape index (κ2) is 4.76. The fraction of sp³-hybridized carbons (Fsp3) is 0.143. The van der Waals surface area contributed by atoms with Gasteiger partial charge in [0.25, 0.3) is 0 Å². The Hall–Kier alpha value is -2.57. The molecule has 0 N–H and O–H groups in total. The predicted octanol–water partition coefficient (Wildman–Crippen LogP) is 3.60. The molecule has 0 unspecified atom stereocenters. The van der Waals surface area contributed by atoms with Gasteiger partial charge in [0.2, 0.25) is 0 Å². The maximum absolute atomic E-state index is 12.1. The van der Waals surface area contributed by atoms with E-state index >= 15 is 0 Å². The Bertz CT molecular complexity index is 778. The summed E-state index contributed by atoms with van der Waals surface area (Å²) in [6.45, 7) is 1.91. The minimum absolute atomic E-state index is 0.249. The molecular weight excluding hydrogens is 283 g/mol. The molecular formula is C14H10F3N3O. The number of rotatable bonds is 2. The van der Waals surface area contributed by atoms with E-state index in [1.165, 1.54) is 16.8 Å². The minimum atomic E-state index is -4.68. The van der Waals surface area contributed by atoms with Crippen LogP contribution in [-0.2, 0) is 0 Å². The number of aryl methyl sites for hydroxylation is 1. The summed E-state index contributed by atoms with van der Waals surface area (Å²) in [6.07, 6.45) is -1.37. The summed E-state index contributed by atoms with van der Waals surface area (Å²) in [5.74, 6) is -0.249. The van der Waals surface area contributed by atoms with Gasteiger partial charge in [-0.3, -0.25) is 0 Å². The first kappa shape index (κ1) is 13.4. The maximum atomic E-state index is 12.1. The average molecular weight is 293 g/mol. The van der Waals surface area contributed by atoms with Crippen LogP contribution in [0.2, 0.25) is 0 Å². The van der Waals surface area contributed by atoms with Gasteiger partial charge in [-0.25, -0.2) is 0 Å². The van der Waals surface area contributed by atoms with Gasteiger partial charge in [-0.15, -0.1) is 13.2 Å². The first-order chi connectivity index (χ1) is 9.92. The molecule has 0 fully saturated rings. The third-order valence-electron chi connectivity index (χ3n) is 3.00. The molecule has 2 heterocycles. The van der Waals surface area contributed by atoms with Crippen LogP contribution in [0.15, 0.2) is 42.7 Å². The highest BCUT2D eigenvalue weighted by molar-refractivity contribution is 5.69. The van der Waals surface area contributed by atoms with E-state index in [0.717, 1.165) is 22.2 Å². The highest BCUT2D eigenvalue weighted by Gasteiger charge is 2.30. The van der Waals surface area contributed by atoms with Crippen molar-refractivity contribution < 1.29 is 17.9 Å². The summed E-state index contributed by atoms with van der Waals surface area (Å²) in [5, 5.41) is 8.22. The summed E-state index contributed by atoms with van der Waals surface area (Å²) < 4.78 is 41.7. The number of benzene rings is 1. The van der Waals surface area contributed by atoms with Gasteiger partial charge in [0.15, 0.2) is 0 Å². The maximum Gasteiger partial charge on any atom is 0.573 e. The van der Waals surface area contributed by atoms with Gasteiger partial charge in [0.05, 0.1) is 17.9 Å². The molecule has 0 saturated carbocycles. The Balaban J connectivity index is 1.93. The Morgan fingerprint density at radius 3 is 2.33 bits per heavy atom. The van der Waals surface area contributed by atoms with E-state index in [-0.39, 0.29) is 5.75 Å². The number of nitrogens with zero attached hydrogens (tertiary/aromatic N) is 3. The van der Waals surface area contributed by atoms with Crippen LogP contribution in [0.5, 0.6) is 5.75 Å². The van der Waals surface area contributed by atoms with Gasteiger partial charge < -0.3 is 4.74 Å². The summed E-state index contributed by atoms with van der Waals surface area (Å²) in [5.41, 5.74) is 3.37. The molecule has 0 atom stereocenters. The van der Waals surface area contributed by atoms with Crippen molar-refractivity contribution in [2.45, 2.75) is 13.3 Å². The number of fused-ring (bicyclic) bond motifs is 1. The molecule has 3 rings (SSSR count). The topological polar surface area (TPSA) is 39.4 Å². The second-order valence-corrected chi connectivity index (χ2v) is 4.52. The molecule has 0 saturated heterocycles. The van der Waals surface area contributed by atoms with Crippen LogP contribution in [0.4, 0.5) is 13.2 Å². The molecule has 0 spiro atoms. The smallest absolute Gasteiger partial charge is 0.406 e. The molecule has 3 aromatic rings. The van der Waals surface area contributed by atoms with Crippen LogP contribution in [0.1, 0.15) is 5.56 Å². The monoisotopic (exact) mass is 293 g/mol. The van der Waals surface area contributed by atoms with Crippen LogP contribution in [-0.4, -0.2) is 21.2 Å². The van der Waals surface area contributed by atoms with Crippen LogP contribution >= 0.6 is 0 Å². The normalized spacial score (nSPS) is 11.8. The Morgan fingerprint density at radius 1 is 1.00 bits per heavy atom. The molecule has 2 aromatic heterocycles. The van der Waals surface area contributed by atoms with Crippen molar-refractivity contribution in [2.75, 3.05) is 0 Å². The number of halogens is 3. The molecule has 0 aliphatic heterocycles. The Labute approximate surface area is 117 Å². The lowest BCUT2D eigenvalue weighted by molar-refractivity contribution is -0.274. The van der Waals surface area contributed by atoms with Gasteiger partial charge in [-0.05, 0) is 36.2 Å². The summed E-state index contributed by atoms with van der Waals surface area (Å²) in [6, 6.07) is 7.54. The Morgan fingerprint density at radius 2 is 1.67 bits per heavy atom. The zero-order valence-corrected chi connectivity index (χ0v) is 10.9. The van der Waals surface area contributed by atoms with Gasteiger partial charge in [-0.2, -0.15) is 14.8 Å². The average Bonchev–Trinajstić information content (AvgIpc) is 2.79. The molecule has 0 aliphatic rings. The van der Waals surface area contributed by atoms with Crippen LogP contribution in [0.3, 0.4) is 0 Å². The van der Waals surface area contributed by atoms with E-state index < -0.39 is 6.36 Å². The van der Waals surface area contributed by atoms with Crippen molar-refractivity contribution in [3.63, 3.8) is 0 Å². The lowest BCUT2D eigenvalue weighted by Gasteiger charge is -2.09. The molecule has 1 aromatic carbocycles. The van der Waals surface area contributed by atoms with Gasteiger partial charge >= 0.3 is 6.36 Å². The van der Waals surface area contributed by atoms with Crippen LogP contribution < -0.4 is 4.74 Å². The minimum Gasteiger partial charge on any atom is -0.406 e. The number of ether oxygens (including phenoxy) is 1. The van der Waals surface area contributed by atoms with Crippen molar-refractivity contribution in [2.24, 2.45) is 0 Å². The highest BCUT2D eigenvalue weighted by atomic mass is 19.4. The van der Waals surface area contributed by atoms with Crippen molar-refractivity contribution in [3.8, 4) is 16.9 Å². The van der Waals surface area contributed by atoms with Crippen molar-refractivity contribution >= 4 is 5.52 Å². The standard InChI is InChI=1S/C14H10F3N3O/c1-9-7-18-20-13(9)6-11(8-19-20)10-2-4-12(5-3-10)21-14(15,16)17/h2-8H,1H3. The van der Waals surface area contributed by atoms with E-state index in [1.54, 1.807) is 24.5 Å². The fourth-order valence-corrected chi connectivity index (χ4v) is 2.00. The molecule has 7 heteroatoms. The lowest BCUT2D eigenvalue weighted by Crippen LogP contribution is -2.16. The molecule has 0 amide bonds. The first-order valence-electron chi connectivity index (χ1n) is 6.09. The Kier molecular flexibility index (Phi) is 3.04. The zero-order chi connectivity index (χ0) is 15.0. The van der Waals surface area contributed by atoms with Gasteiger partial charge in [-0.1, -0.05) is 12.1 Å². The quantitative estimate of drug-likeness (QED) is 0.724. The largest absolute Gasteiger partial charge is 0.573 e. The summed E-state index contributed by atoms with van der Waals surface area (Å²) in [7, 11) is 0. The third kappa shape index (κ3) is 2.81. The molecule has 21 heavy (non-hydrogen) atoms. The molecule has 108 valence electrons. The third-order valence-corrected chi connectivity index (χ3v) is 3.00. The van der Waals surface area contributed by atoms with Crippen LogP contribution in [0, 0.1) is 6.92 Å². The number of hydrogen-bond acceptors (Lipinski definition) is 3. The SMILES string of the molecule is Cc1cnn2ncc(-c3ccc(OC(F)(F)F)cc3)cc12. The second-order valence-electron chi connectivity index (χ2n) is 4.52. The molecule has 0 bridgehead atoms. The van der Waals surface area contributed by atoms with Gasteiger partial charge in [0, 0.05) is 5.56 Å². The molecule has 4 nitrogen and oxygen atoms in total. The first-order valence-corrected chi connectivity index (χ1v) is 6.09. The van der Waals surface area contributed by atoms with Crippen LogP contribution in [0.25, 0.3) is 16.6 Å². The summed E-state index contributed by atoms with van der Waals surface area (Å²) >= 11 is 0. The fourth-order valence-electron chi connectivity index (χ4n) is 2.00. The van der Waals surface area contributed by atoms with Crippen molar-refractivity contribution in [3.05, 3.63) is 48.3 Å². The molecule has 0 aliphatic carbocycles. The lowest BCUT2D eigenvalue weighted by atomic mass is 10.1.